The van der Waals surface area contributed by atoms with Gasteiger partial charge in [0, 0.05) is 6.61 Å². The molecule has 1 fully saturated rings. The van der Waals surface area contributed by atoms with Gasteiger partial charge in [0.2, 0.25) is 0 Å². The maximum Gasteiger partial charge on any atom is 0.0431 e. The molecule has 0 amide bonds. The number of hydrogen-bond acceptors (Lipinski definition) is 3. The van der Waals surface area contributed by atoms with Crippen molar-refractivity contribution in [2.45, 2.75) is 25.7 Å². The highest BCUT2D eigenvalue weighted by Gasteiger charge is 2.16. The topological polar surface area (TPSA) is 49.5 Å². The zero-order valence-corrected chi connectivity index (χ0v) is 8.41. The Morgan fingerprint density at radius 2 is 1.92 bits per heavy atom. The zero-order chi connectivity index (χ0) is 9.52. The van der Waals surface area contributed by atoms with Crippen molar-refractivity contribution in [3.05, 3.63) is 0 Å². The Hall–Kier alpha value is -0.120. The summed E-state index contributed by atoms with van der Waals surface area (Å²) < 4.78 is 0. The van der Waals surface area contributed by atoms with Crippen LogP contribution in [0.2, 0.25) is 0 Å². The number of likely N-dealkylation sites (tertiary alicyclic amines) is 1. The summed E-state index contributed by atoms with van der Waals surface area (Å²) in [6.45, 7) is 4.74. The van der Waals surface area contributed by atoms with Gasteiger partial charge in [-0.1, -0.05) is 0 Å². The lowest BCUT2D eigenvalue weighted by molar-refractivity contribution is 0.179. The first-order chi connectivity index (χ1) is 6.36. The summed E-state index contributed by atoms with van der Waals surface area (Å²) in [5, 5.41) is 8.64. The highest BCUT2D eigenvalue weighted by molar-refractivity contribution is 4.72. The van der Waals surface area contributed by atoms with E-state index in [1.807, 2.05) is 0 Å². The third-order valence-corrected chi connectivity index (χ3v) is 2.92. The van der Waals surface area contributed by atoms with Gasteiger partial charge < -0.3 is 15.7 Å². The molecule has 0 bridgehead atoms. The number of piperidine rings is 1. The highest BCUT2D eigenvalue weighted by atomic mass is 16.2. The molecule has 0 aliphatic carbocycles. The molecular formula is C10H22N2O. The van der Waals surface area contributed by atoms with Gasteiger partial charge in [-0.05, 0) is 57.8 Å². The molecule has 0 atom stereocenters. The van der Waals surface area contributed by atoms with Crippen LogP contribution in [0, 0.1) is 5.92 Å². The fraction of sp³-hybridized carbons (Fsp3) is 1.00. The lowest BCUT2D eigenvalue weighted by Crippen LogP contribution is -2.36. The second kappa shape index (κ2) is 6.35. The third-order valence-electron chi connectivity index (χ3n) is 2.92. The molecule has 0 spiro atoms. The van der Waals surface area contributed by atoms with Gasteiger partial charge >= 0.3 is 0 Å². The van der Waals surface area contributed by atoms with Crippen LogP contribution in [0.1, 0.15) is 25.7 Å². The first-order valence-electron chi connectivity index (χ1n) is 5.40. The first kappa shape index (κ1) is 11.0. The molecule has 0 aromatic rings. The van der Waals surface area contributed by atoms with E-state index in [0.29, 0.717) is 6.61 Å². The highest BCUT2D eigenvalue weighted by Crippen LogP contribution is 2.15. The van der Waals surface area contributed by atoms with E-state index in [2.05, 4.69) is 4.90 Å². The van der Waals surface area contributed by atoms with Crippen molar-refractivity contribution in [2.75, 3.05) is 32.8 Å². The minimum absolute atomic E-state index is 0.333. The van der Waals surface area contributed by atoms with E-state index in [1.54, 1.807) is 0 Å². The molecule has 1 rings (SSSR count). The van der Waals surface area contributed by atoms with Crippen LogP contribution >= 0.6 is 0 Å². The molecule has 1 aliphatic heterocycles. The summed E-state index contributed by atoms with van der Waals surface area (Å²) in [6.07, 6.45) is 4.59. The third kappa shape index (κ3) is 4.07. The minimum atomic E-state index is 0.333. The number of nitrogens with two attached hydrogens (primary N) is 1. The second-order valence-electron chi connectivity index (χ2n) is 3.95. The van der Waals surface area contributed by atoms with Crippen LogP contribution in [0.4, 0.5) is 0 Å². The van der Waals surface area contributed by atoms with Crippen molar-refractivity contribution < 1.29 is 5.11 Å². The summed E-state index contributed by atoms with van der Waals surface area (Å²) in [4.78, 5) is 2.49. The van der Waals surface area contributed by atoms with Gasteiger partial charge in [0.05, 0.1) is 0 Å². The van der Waals surface area contributed by atoms with E-state index < -0.39 is 0 Å². The van der Waals surface area contributed by atoms with Crippen LogP contribution in [-0.2, 0) is 0 Å². The van der Waals surface area contributed by atoms with E-state index in [1.165, 1.54) is 25.9 Å². The number of hydrogen-bond donors (Lipinski definition) is 2. The van der Waals surface area contributed by atoms with E-state index in [4.69, 9.17) is 10.8 Å². The predicted octanol–water partition coefficient (Wildman–Crippen LogP) is 0.430. The van der Waals surface area contributed by atoms with Crippen LogP contribution in [0.5, 0.6) is 0 Å². The van der Waals surface area contributed by atoms with Crippen LogP contribution in [0.15, 0.2) is 0 Å². The lowest BCUT2D eigenvalue weighted by atomic mass is 9.97. The Kier molecular flexibility index (Phi) is 5.35. The number of unbranched alkanes of at least 4 members (excludes halogenated alkanes) is 1. The van der Waals surface area contributed by atoms with Gasteiger partial charge in [-0.25, -0.2) is 0 Å². The smallest absolute Gasteiger partial charge is 0.0431 e. The van der Waals surface area contributed by atoms with Crippen molar-refractivity contribution in [3.8, 4) is 0 Å². The van der Waals surface area contributed by atoms with Gasteiger partial charge in [-0.2, -0.15) is 0 Å². The molecule has 78 valence electrons. The number of rotatable bonds is 5. The zero-order valence-electron chi connectivity index (χ0n) is 8.41. The molecule has 13 heavy (non-hydrogen) atoms. The Morgan fingerprint density at radius 3 is 2.46 bits per heavy atom. The van der Waals surface area contributed by atoms with Crippen molar-refractivity contribution in [2.24, 2.45) is 11.7 Å². The lowest BCUT2D eigenvalue weighted by Gasteiger charge is -2.31. The Morgan fingerprint density at radius 1 is 1.23 bits per heavy atom. The Bertz CT molecular complexity index is 119. The number of aliphatic hydroxyl groups excluding tert-OH is 1. The van der Waals surface area contributed by atoms with Crippen LogP contribution in [-0.4, -0.2) is 42.8 Å². The fourth-order valence-electron chi connectivity index (χ4n) is 1.89. The van der Waals surface area contributed by atoms with Crippen LogP contribution < -0.4 is 5.73 Å². The molecule has 3 N–H and O–H groups in total. The average Bonchev–Trinajstić information content (AvgIpc) is 2.19. The molecule has 0 radical (unpaired) electrons. The number of nitrogens with zero attached hydrogens (tertiary/aromatic N) is 1. The molecular weight excluding hydrogens is 164 g/mol. The van der Waals surface area contributed by atoms with Gasteiger partial charge in [0.1, 0.15) is 0 Å². The number of aliphatic hydroxyl groups is 1. The van der Waals surface area contributed by atoms with Gasteiger partial charge in [0.25, 0.3) is 0 Å². The predicted molar refractivity (Wildman–Crippen MR) is 54.5 cm³/mol. The van der Waals surface area contributed by atoms with Crippen LogP contribution in [0.25, 0.3) is 0 Å². The van der Waals surface area contributed by atoms with Crippen molar-refractivity contribution >= 4 is 0 Å². The van der Waals surface area contributed by atoms with Crippen molar-refractivity contribution in [1.29, 1.82) is 0 Å². The first-order valence-corrected chi connectivity index (χ1v) is 5.40. The average molecular weight is 186 g/mol. The van der Waals surface area contributed by atoms with Crippen LogP contribution in [0.3, 0.4) is 0 Å². The molecule has 0 unspecified atom stereocenters. The SMILES string of the molecule is NCC1CCN(CCCCO)CC1. The quantitative estimate of drug-likeness (QED) is 0.612. The maximum atomic E-state index is 8.64. The Labute approximate surface area is 80.9 Å². The molecule has 0 aromatic heterocycles. The summed E-state index contributed by atoms with van der Waals surface area (Å²) in [5.41, 5.74) is 5.62. The van der Waals surface area contributed by atoms with E-state index in [0.717, 1.165) is 31.8 Å². The molecule has 1 saturated heterocycles. The molecule has 1 aliphatic rings. The molecule has 3 heteroatoms. The Balaban J connectivity index is 2.03. The minimum Gasteiger partial charge on any atom is -0.396 e. The van der Waals surface area contributed by atoms with E-state index in [9.17, 15) is 0 Å². The second-order valence-corrected chi connectivity index (χ2v) is 3.95. The summed E-state index contributed by atoms with van der Waals surface area (Å²) >= 11 is 0. The molecule has 0 aromatic carbocycles. The summed E-state index contributed by atoms with van der Waals surface area (Å²) in [7, 11) is 0. The standard InChI is InChI=1S/C10H22N2O/c11-9-10-3-6-12(7-4-10)5-1-2-8-13/h10,13H,1-9,11H2. The fourth-order valence-corrected chi connectivity index (χ4v) is 1.89. The molecule has 0 saturated carbocycles. The summed E-state index contributed by atoms with van der Waals surface area (Å²) in [6, 6.07) is 0. The largest absolute Gasteiger partial charge is 0.396 e. The van der Waals surface area contributed by atoms with E-state index >= 15 is 0 Å². The summed E-state index contributed by atoms with van der Waals surface area (Å²) in [5.74, 6) is 0.758. The monoisotopic (exact) mass is 186 g/mol. The normalized spacial score (nSPS) is 20.8. The van der Waals surface area contributed by atoms with Gasteiger partial charge in [-0.15, -0.1) is 0 Å². The van der Waals surface area contributed by atoms with E-state index in [-0.39, 0.29) is 0 Å². The van der Waals surface area contributed by atoms with Crippen molar-refractivity contribution in [3.63, 3.8) is 0 Å². The van der Waals surface area contributed by atoms with Crippen molar-refractivity contribution in [1.82, 2.24) is 4.90 Å². The van der Waals surface area contributed by atoms with Gasteiger partial charge in [0.15, 0.2) is 0 Å². The molecule has 1 heterocycles. The molecule has 3 nitrogen and oxygen atoms in total. The van der Waals surface area contributed by atoms with Gasteiger partial charge in [-0.3, -0.25) is 0 Å². The maximum absolute atomic E-state index is 8.64.